The maximum Gasteiger partial charge on any atom is 0.410 e. The second-order valence-electron chi connectivity index (χ2n) is 11.3. The van der Waals surface area contributed by atoms with E-state index in [4.69, 9.17) is 26.2 Å². The van der Waals surface area contributed by atoms with Crippen molar-refractivity contribution in [2.24, 2.45) is 0 Å². The molecule has 1 aliphatic heterocycles. The van der Waals surface area contributed by atoms with E-state index in [1.807, 2.05) is 51.6 Å². The lowest BCUT2D eigenvalue weighted by Crippen LogP contribution is -2.41. The molecule has 1 atom stereocenters. The molecule has 212 valence electrons. The number of hydrogen-bond acceptors (Lipinski definition) is 6. The molecule has 0 aliphatic carbocycles. The molecule has 0 saturated heterocycles. The summed E-state index contributed by atoms with van der Waals surface area (Å²) in [6.45, 7) is 11.0. The predicted molar refractivity (Wildman–Crippen MR) is 154 cm³/mol. The number of halogens is 2. The van der Waals surface area contributed by atoms with Gasteiger partial charge in [0.05, 0.1) is 35.7 Å². The highest BCUT2D eigenvalue weighted by Crippen LogP contribution is 2.37. The van der Waals surface area contributed by atoms with Crippen molar-refractivity contribution < 1.29 is 18.7 Å². The molecule has 6 rings (SSSR count). The van der Waals surface area contributed by atoms with E-state index in [0.717, 1.165) is 33.5 Å². The van der Waals surface area contributed by atoms with Crippen LogP contribution in [-0.4, -0.2) is 47.5 Å². The number of aromatic nitrogens is 5. The number of rotatable bonds is 4. The Bertz CT molecular complexity index is 1810. The monoisotopic (exact) mass is 576 g/mol. The number of amides is 1. The van der Waals surface area contributed by atoms with Gasteiger partial charge in [-0.1, -0.05) is 17.7 Å². The summed E-state index contributed by atoms with van der Waals surface area (Å²) in [6, 6.07) is 6.53. The Labute approximate surface area is 241 Å². The maximum absolute atomic E-state index is 13.8. The van der Waals surface area contributed by atoms with E-state index in [1.54, 1.807) is 34.1 Å². The molecule has 9 nitrogen and oxygen atoms in total. The van der Waals surface area contributed by atoms with Gasteiger partial charge < -0.3 is 14.4 Å². The largest absolute Gasteiger partial charge is 0.484 e. The number of ether oxygens (including phenoxy) is 2. The zero-order valence-corrected chi connectivity index (χ0v) is 24.2. The SMILES string of the molecule is Cc1c(-c2cc(OC(C)c3cncc4cc(F)ccc34)c3c(Cl)cnn3c2)nn2c1CN(C(=O)OC(C)(C)C)CC2. The molecule has 4 aromatic heterocycles. The second-order valence-corrected chi connectivity index (χ2v) is 11.7. The third-order valence-electron chi connectivity index (χ3n) is 7.19. The van der Waals surface area contributed by atoms with E-state index in [1.165, 1.54) is 12.1 Å². The molecule has 1 aliphatic rings. The summed E-state index contributed by atoms with van der Waals surface area (Å²) in [6.07, 6.45) is 6.04. The Morgan fingerprint density at radius 2 is 1.95 bits per heavy atom. The van der Waals surface area contributed by atoms with Crippen molar-refractivity contribution in [3.8, 4) is 17.0 Å². The van der Waals surface area contributed by atoms with Crippen molar-refractivity contribution in [2.75, 3.05) is 6.54 Å². The molecule has 0 fully saturated rings. The highest BCUT2D eigenvalue weighted by Gasteiger charge is 2.29. The lowest BCUT2D eigenvalue weighted by Gasteiger charge is -2.30. The molecule has 0 spiro atoms. The number of carbonyl (C=O) groups excluding carboxylic acids is 1. The first-order valence-corrected chi connectivity index (χ1v) is 13.8. The fourth-order valence-corrected chi connectivity index (χ4v) is 5.44. The lowest BCUT2D eigenvalue weighted by atomic mass is 10.0. The van der Waals surface area contributed by atoms with Crippen molar-refractivity contribution in [1.82, 2.24) is 29.3 Å². The van der Waals surface area contributed by atoms with Gasteiger partial charge in [0.1, 0.15) is 28.8 Å². The van der Waals surface area contributed by atoms with E-state index in [9.17, 15) is 9.18 Å². The van der Waals surface area contributed by atoms with Gasteiger partial charge in [0, 0.05) is 47.2 Å². The summed E-state index contributed by atoms with van der Waals surface area (Å²) in [5, 5.41) is 11.3. The fraction of sp³-hybridized carbons (Fsp3) is 0.333. The summed E-state index contributed by atoms with van der Waals surface area (Å²) in [5.74, 6) is 0.204. The fourth-order valence-electron chi connectivity index (χ4n) is 5.22. The van der Waals surface area contributed by atoms with Crippen LogP contribution in [0.5, 0.6) is 5.75 Å². The van der Waals surface area contributed by atoms with Gasteiger partial charge in [0.15, 0.2) is 0 Å². The van der Waals surface area contributed by atoms with Crippen molar-refractivity contribution in [1.29, 1.82) is 0 Å². The first kappa shape index (κ1) is 27.0. The standard InChI is InChI=1S/C30H30ClFN6O3/c1-17-25-16-36(29(39)41-30(3,4)5)8-9-37(25)35-27(17)20-11-26(28-24(31)14-34-38(28)15-20)40-18(2)23-13-33-12-19-10-21(32)6-7-22(19)23/h6-7,10-15,18H,8-9,16H2,1-5H3. The van der Waals surface area contributed by atoms with Gasteiger partial charge >= 0.3 is 6.09 Å². The molecular weight excluding hydrogens is 547 g/mol. The van der Waals surface area contributed by atoms with Gasteiger partial charge in [-0.15, -0.1) is 0 Å². The quantitative estimate of drug-likeness (QED) is 0.235. The van der Waals surface area contributed by atoms with E-state index in [-0.39, 0.29) is 11.9 Å². The molecule has 41 heavy (non-hydrogen) atoms. The van der Waals surface area contributed by atoms with Crippen molar-refractivity contribution >= 4 is 34.0 Å². The molecule has 11 heteroatoms. The summed E-state index contributed by atoms with van der Waals surface area (Å²) >= 11 is 6.54. The van der Waals surface area contributed by atoms with E-state index < -0.39 is 11.7 Å². The number of fused-ring (bicyclic) bond motifs is 3. The molecule has 0 N–H and O–H groups in total. The minimum Gasteiger partial charge on any atom is -0.484 e. The Morgan fingerprint density at radius 1 is 1.15 bits per heavy atom. The van der Waals surface area contributed by atoms with Crippen LogP contribution in [0.4, 0.5) is 9.18 Å². The smallest absolute Gasteiger partial charge is 0.410 e. The zero-order chi connectivity index (χ0) is 29.1. The first-order chi connectivity index (χ1) is 19.5. The van der Waals surface area contributed by atoms with Crippen LogP contribution in [0, 0.1) is 12.7 Å². The number of carbonyl (C=O) groups is 1. The topological polar surface area (TPSA) is 86.8 Å². The Kier molecular flexibility index (Phi) is 6.60. The van der Waals surface area contributed by atoms with Gasteiger partial charge in [-0.25, -0.2) is 13.7 Å². The molecule has 5 aromatic rings. The summed E-state index contributed by atoms with van der Waals surface area (Å²) in [4.78, 5) is 18.7. The van der Waals surface area contributed by atoms with Crippen LogP contribution in [0.25, 0.3) is 27.5 Å². The van der Waals surface area contributed by atoms with E-state index >= 15 is 0 Å². The molecule has 0 bridgehead atoms. The summed E-state index contributed by atoms with van der Waals surface area (Å²) in [7, 11) is 0. The molecule has 1 amide bonds. The Morgan fingerprint density at radius 3 is 2.73 bits per heavy atom. The average Bonchev–Trinajstić information content (AvgIpc) is 3.46. The number of pyridine rings is 2. The van der Waals surface area contributed by atoms with Crippen molar-refractivity contribution in [2.45, 2.75) is 59.4 Å². The van der Waals surface area contributed by atoms with Crippen LogP contribution < -0.4 is 4.74 Å². The predicted octanol–water partition coefficient (Wildman–Crippen LogP) is 6.74. The van der Waals surface area contributed by atoms with Crippen LogP contribution in [0.2, 0.25) is 5.02 Å². The molecule has 0 radical (unpaired) electrons. The van der Waals surface area contributed by atoms with Crippen LogP contribution in [0.3, 0.4) is 0 Å². The second kappa shape index (κ2) is 10.0. The zero-order valence-electron chi connectivity index (χ0n) is 23.5. The van der Waals surface area contributed by atoms with Gasteiger partial charge in [-0.05, 0) is 58.2 Å². The van der Waals surface area contributed by atoms with Gasteiger partial charge in [0.25, 0.3) is 0 Å². The third kappa shape index (κ3) is 5.08. The maximum atomic E-state index is 13.8. The van der Waals surface area contributed by atoms with Crippen LogP contribution in [0.1, 0.15) is 50.6 Å². The minimum absolute atomic E-state index is 0.321. The van der Waals surface area contributed by atoms with Crippen molar-refractivity contribution in [3.05, 3.63) is 76.7 Å². The van der Waals surface area contributed by atoms with Crippen LogP contribution >= 0.6 is 11.6 Å². The first-order valence-electron chi connectivity index (χ1n) is 13.4. The third-order valence-corrected chi connectivity index (χ3v) is 7.47. The lowest BCUT2D eigenvalue weighted by molar-refractivity contribution is 0.0194. The Hall–Kier alpha value is -4.18. The normalized spacial score (nSPS) is 14.4. The number of nitrogens with zero attached hydrogens (tertiary/aromatic N) is 6. The highest BCUT2D eigenvalue weighted by atomic mass is 35.5. The van der Waals surface area contributed by atoms with E-state index in [0.29, 0.717) is 41.3 Å². The number of benzene rings is 1. The molecule has 1 unspecified atom stereocenters. The average molecular weight is 577 g/mol. The number of hydrogen-bond donors (Lipinski definition) is 0. The van der Waals surface area contributed by atoms with E-state index in [2.05, 4.69) is 10.1 Å². The molecule has 0 saturated carbocycles. The van der Waals surface area contributed by atoms with Gasteiger partial charge in [-0.2, -0.15) is 10.2 Å². The van der Waals surface area contributed by atoms with Gasteiger partial charge in [0.2, 0.25) is 0 Å². The van der Waals surface area contributed by atoms with Gasteiger partial charge in [-0.3, -0.25) is 9.67 Å². The van der Waals surface area contributed by atoms with Crippen LogP contribution in [0.15, 0.2) is 49.1 Å². The molecule has 5 heterocycles. The highest BCUT2D eigenvalue weighted by molar-refractivity contribution is 6.34. The summed E-state index contributed by atoms with van der Waals surface area (Å²) < 4.78 is 29.6. The van der Waals surface area contributed by atoms with Crippen LogP contribution in [-0.2, 0) is 17.8 Å². The molecular formula is C30H30ClFN6O3. The summed E-state index contributed by atoms with van der Waals surface area (Å²) in [5.41, 5.74) is 4.33. The molecule has 1 aromatic carbocycles. The Balaban J connectivity index is 1.36. The minimum atomic E-state index is -0.568. The van der Waals surface area contributed by atoms with Crippen molar-refractivity contribution in [3.63, 3.8) is 0 Å².